The van der Waals surface area contributed by atoms with Crippen LogP contribution in [0.25, 0.3) is 0 Å². The first-order valence-electron chi connectivity index (χ1n) is 7.00. The maximum Gasteiger partial charge on any atom is 0.138 e. The van der Waals surface area contributed by atoms with E-state index in [0.717, 1.165) is 16.8 Å². The van der Waals surface area contributed by atoms with E-state index in [9.17, 15) is 4.39 Å². The number of hydrogen-bond donors (Lipinski definition) is 1. The lowest BCUT2D eigenvalue weighted by Gasteiger charge is -2.18. The van der Waals surface area contributed by atoms with E-state index in [1.54, 1.807) is 12.4 Å². The highest BCUT2D eigenvalue weighted by atomic mass is 79.9. The van der Waals surface area contributed by atoms with Gasteiger partial charge in [0.2, 0.25) is 0 Å². The Morgan fingerprint density at radius 2 is 2.14 bits per heavy atom. The fraction of sp³-hybridized carbons (Fsp3) is 0.467. The fourth-order valence-electron chi connectivity index (χ4n) is 2.28. The minimum absolute atomic E-state index is 0.131. The average molecular weight is 355 g/mol. The number of rotatable bonds is 6. The van der Waals surface area contributed by atoms with Crippen molar-refractivity contribution in [3.8, 4) is 0 Å². The van der Waals surface area contributed by atoms with Crippen molar-refractivity contribution < 1.29 is 4.39 Å². The fourth-order valence-corrected chi connectivity index (χ4v) is 2.61. The van der Waals surface area contributed by atoms with Crippen molar-refractivity contribution in [1.82, 2.24) is 20.1 Å². The Kier molecular flexibility index (Phi) is 5.47. The van der Waals surface area contributed by atoms with Gasteiger partial charge in [-0.05, 0) is 25.1 Å². The van der Waals surface area contributed by atoms with Crippen molar-refractivity contribution >= 4 is 15.9 Å². The van der Waals surface area contributed by atoms with Gasteiger partial charge in [0.15, 0.2) is 0 Å². The van der Waals surface area contributed by atoms with Crippen LogP contribution >= 0.6 is 15.9 Å². The van der Waals surface area contributed by atoms with E-state index in [-0.39, 0.29) is 11.9 Å². The molecular weight excluding hydrogens is 335 g/mol. The molecular formula is C15H20BrFN4. The van der Waals surface area contributed by atoms with Crippen LogP contribution < -0.4 is 5.32 Å². The van der Waals surface area contributed by atoms with Crippen LogP contribution in [0.4, 0.5) is 4.39 Å². The molecule has 0 amide bonds. The van der Waals surface area contributed by atoms with Crippen LogP contribution in [0, 0.1) is 11.7 Å². The molecule has 1 heterocycles. The minimum Gasteiger partial charge on any atom is -0.313 e. The Morgan fingerprint density at radius 3 is 2.76 bits per heavy atom. The summed E-state index contributed by atoms with van der Waals surface area (Å²) in [4.78, 5) is 4.31. The Morgan fingerprint density at radius 1 is 1.38 bits per heavy atom. The van der Waals surface area contributed by atoms with Gasteiger partial charge in [0.05, 0.1) is 0 Å². The monoisotopic (exact) mass is 354 g/mol. The Balaban J connectivity index is 2.21. The van der Waals surface area contributed by atoms with Crippen LogP contribution in [0.5, 0.6) is 0 Å². The van der Waals surface area contributed by atoms with Gasteiger partial charge in [-0.15, -0.1) is 0 Å². The first kappa shape index (κ1) is 16.1. The molecule has 1 aromatic carbocycles. The summed E-state index contributed by atoms with van der Waals surface area (Å²) >= 11 is 3.28. The number of benzene rings is 1. The smallest absolute Gasteiger partial charge is 0.138 e. The molecule has 21 heavy (non-hydrogen) atoms. The number of likely N-dealkylation sites (N-methyl/N-ethyl adjacent to an activating group) is 1. The average Bonchev–Trinajstić information content (AvgIpc) is 2.83. The molecule has 0 saturated heterocycles. The minimum atomic E-state index is -0.223. The van der Waals surface area contributed by atoms with Crippen LogP contribution in [-0.2, 0) is 13.0 Å². The number of nitrogens with zero attached hydrogens (tertiary/aromatic N) is 3. The van der Waals surface area contributed by atoms with E-state index in [4.69, 9.17) is 0 Å². The Bertz CT molecular complexity index is 597. The predicted octanol–water partition coefficient (Wildman–Crippen LogP) is 3.34. The van der Waals surface area contributed by atoms with Gasteiger partial charge in [0.25, 0.3) is 0 Å². The standard InChI is InChI=1S/C15H20BrFN4/c1-10(2)8-21-15(19-9-20-21)7-14(18-3)12-5-4-11(16)6-13(12)17/h4-6,9-10,14,18H,7-8H2,1-3H3. The molecule has 114 valence electrons. The third kappa shape index (κ3) is 4.11. The highest BCUT2D eigenvalue weighted by Crippen LogP contribution is 2.23. The van der Waals surface area contributed by atoms with E-state index in [1.165, 1.54) is 6.07 Å². The largest absolute Gasteiger partial charge is 0.313 e. The van der Waals surface area contributed by atoms with Crippen molar-refractivity contribution in [1.29, 1.82) is 0 Å². The topological polar surface area (TPSA) is 42.7 Å². The second kappa shape index (κ2) is 7.13. The molecule has 0 aliphatic heterocycles. The summed E-state index contributed by atoms with van der Waals surface area (Å²) in [5.41, 5.74) is 0.639. The molecule has 0 aliphatic rings. The second-order valence-corrected chi connectivity index (χ2v) is 6.38. The molecule has 1 atom stereocenters. The highest BCUT2D eigenvalue weighted by Gasteiger charge is 2.18. The predicted molar refractivity (Wildman–Crippen MR) is 84.5 cm³/mol. The second-order valence-electron chi connectivity index (χ2n) is 5.46. The van der Waals surface area contributed by atoms with Crippen molar-refractivity contribution in [3.63, 3.8) is 0 Å². The first-order chi connectivity index (χ1) is 10.0. The zero-order valence-electron chi connectivity index (χ0n) is 12.5. The van der Waals surface area contributed by atoms with Gasteiger partial charge < -0.3 is 5.32 Å². The van der Waals surface area contributed by atoms with E-state index < -0.39 is 0 Å². The van der Waals surface area contributed by atoms with Gasteiger partial charge >= 0.3 is 0 Å². The molecule has 0 saturated carbocycles. The molecule has 0 bridgehead atoms. The van der Waals surface area contributed by atoms with Crippen LogP contribution in [0.1, 0.15) is 31.3 Å². The van der Waals surface area contributed by atoms with Gasteiger partial charge in [-0.25, -0.2) is 14.1 Å². The molecule has 0 fully saturated rings. The number of hydrogen-bond acceptors (Lipinski definition) is 3. The van der Waals surface area contributed by atoms with Crippen LogP contribution in [0.15, 0.2) is 29.0 Å². The van der Waals surface area contributed by atoms with E-state index >= 15 is 0 Å². The van der Waals surface area contributed by atoms with Crippen LogP contribution in [0.2, 0.25) is 0 Å². The lowest BCUT2D eigenvalue weighted by Crippen LogP contribution is -2.22. The Labute approximate surface area is 132 Å². The zero-order chi connectivity index (χ0) is 15.4. The molecule has 6 heteroatoms. The summed E-state index contributed by atoms with van der Waals surface area (Å²) in [5.74, 6) is 1.13. The van der Waals surface area contributed by atoms with Gasteiger partial charge in [-0.3, -0.25) is 0 Å². The zero-order valence-corrected chi connectivity index (χ0v) is 14.1. The quantitative estimate of drug-likeness (QED) is 0.864. The van der Waals surface area contributed by atoms with Crippen molar-refractivity contribution in [2.45, 2.75) is 32.9 Å². The summed E-state index contributed by atoms with van der Waals surface area (Å²) in [7, 11) is 1.83. The molecule has 0 radical (unpaired) electrons. The number of aromatic nitrogens is 3. The molecule has 1 N–H and O–H groups in total. The molecule has 2 rings (SSSR count). The summed E-state index contributed by atoms with van der Waals surface area (Å²) in [5, 5.41) is 7.41. The lowest BCUT2D eigenvalue weighted by molar-refractivity contribution is 0.447. The lowest BCUT2D eigenvalue weighted by atomic mass is 10.0. The van der Waals surface area contributed by atoms with Crippen molar-refractivity contribution in [2.24, 2.45) is 5.92 Å². The van der Waals surface area contributed by atoms with Gasteiger partial charge in [-0.2, -0.15) is 5.10 Å². The van der Waals surface area contributed by atoms with E-state index in [1.807, 2.05) is 17.8 Å². The van der Waals surface area contributed by atoms with Gasteiger partial charge in [0.1, 0.15) is 18.0 Å². The number of nitrogens with one attached hydrogen (secondary N) is 1. The van der Waals surface area contributed by atoms with Crippen molar-refractivity contribution in [2.75, 3.05) is 7.05 Å². The third-order valence-corrected chi connectivity index (χ3v) is 3.80. The van der Waals surface area contributed by atoms with Gasteiger partial charge in [0, 0.05) is 29.0 Å². The van der Waals surface area contributed by atoms with E-state index in [0.29, 0.717) is 17.9 Å². The normalized spacial score (nSPS) is 12.9. The van der Waals surface area contributed by atoms with E-state index in [2.05, 4.69) is 45.2 Å². The Hall–Kier alpha value is -1.27. The SMILES string of the molecule is CNC(Cc1ncnn1CC(C)C)c1ccc(Br)cc1F. The first-order valence-corrected chi connectivity index (χ1v) is 7.79. The molecule has 4 nitrogen and oxygen atoms in total. The molecule has 2 aromatic rings. The van der Waals surface area contributed by atoms with Crippen LogP contribution in [-0.4, -0.2) is 21.8 Å². The van der Waals surface area contributed by atoms with Gasteiger partial charge in [-0.1, -0.05) is 35.8 Å². The summed E-state index contributed by atoms with van der Waals surface area (Å²) < 4.78 is 16.7. The molecule has 0 spiro atoms. The molecule has 1 aromatic heterocycles. The maximum absolute atomic E-state index is 14.1. The summed E-state index contributed by atoms with van der Waals surface area (Å²) in [6.45, 7) is 5.08. The van der Waals surface area contributed by atoms with Crippen LogP contribution in [0.3, 0.4) is 0 Å². The van der Waals surface area contributed by atoms with Crippen molar-refractivity contribution in [3.05, 3.63) is 46.2 Å². The maximum atomic E-state index is 14.1. The number of halogens is 2. The third-order valence-electron chi connectivity index (χ3n) is 3.31. The molecule has 1 unspecified atom stereocenters. The molecule has 0 aliphatic carbocycles. The summed E-state index contributed by atoms with van der Waals surface area (Å²) in [6, 6.07) is 5.00. The summed E-state index contributed by atoms with van der Waals surface area (Å²) in [6.07, 6.45) is 2.16. The highest BCUT2D eigenvalue weighted by molar-refractivity contribution is 9.10.